The van der Waals surface area contributed by atoms with E-state index in [1.54, 1.807) is 0 Å². The van der Waals surface area contributed by atoms with Gasteiger partial charge in [0.15, 0.2) is 0 Å². The summed E-state index contributed by atoms with van der Waals surface area (Å²) in [6, 6.07) is 0. The lowest BCUT2D eigenvalue weighted by Crippen LogP contribution is -2.30. The largest absolute Gasteiger partial charge is 0.465 e. The summed E-state index contributed by atoms with van der Waals surface area (Å²) < 4.78 is 5.15. The molecule has 0 aliphatic rings. The molecule has 3 nitrogen and oxygen atoms in total. The van der Waals surface area contributed by atoms with E-state index in [9.17, 15) is 4.79 Å². The van der Waals surface area contributed by atoms with Crippen molar-refractivity contribution in [1.29, 1.82) is 0 Å². The predicted octanol–water partition coefficient (Wildman–Crippen LogP) is 1.81. The molecule has 0 rings (SSSR count). The van der Waals surface area contributed by atoms with Crippen LogP contribution in [-0.2, 0) is 9.53 Å². The Balaban J connectivity index is 3.81. The smallest absolute Gasteiger partial charge is 0.310 e. The molecule has 1 atom stereocenters. The molecule has 0 aliphatic carbocycles. The Bertz CT molecular complexity index is 167. The standard InChI is InChI=1S/C11H23NO2/c1-8(2)5-6-14-11(13)10(7-12)9(3)4/h8-10H,5-7,12H2,1-4H3. The van der Waals surface area contributed by atoms with Crippen molar-refractivity contribution in [2.75, 3.05) is 13.2 Å². The fourth-order valence-electron chi connectivity index (χ4n) is 1.14. The fraction of sp³-hybridized carbons (Fsp3) is 0.909. The fourth-order valence-corrected chi connectivity index (χ4v) is 1.14. The Morgan fingerprint density at radius 3 is 2.21 bits per heavy atom. The van der Waals surface area contributed by atoms with E-state index >= 15 is 0 Å². The summed E-state index contributed by atoms with van der Waals surface area (Å²) >= 11 is 0. The number of rotatable bonds is 6. The van der Waals surface area contributed by atoms with Crippen molar-refractivity contribution in [2.45, 2.75) is 34.1 Å². The second kappa shape index (κ2) is 6.82. The maximum absolute atomic E-state index is 11.5. The third-order valence-corrected chi connectivity index (χ3v) is 2.30. The molecule has 0 bridgehead atoms. The van der Waals surface area contributed by atoms with Gasteiger partial charge in [-0.1, -0.05) is 27.7 Å². The summed E-state index contributed by atoms with van der Waals surface area (Å²) in [6.07, 6.45) is 0.918. The SMILES string of the molecule is CC(C)CCOC(=O)C(CN)C(C)C. The zero-order chi connectivity index (χ0) is 11.1. The molecule has 0 aromatic heterocycles. The van der Waals surface area contributed by atoms with Crippen LogP contribution in [0.5, 0.6) is 0 Å². The highest BCUT2D eigenvalue weighted by molar-refractivity contribution is 5.72. The van der Waals surface area contributed by atoms with Gasteiger partial charge in [0.05, 0.1) is 12.5 Å². The van der Waals surface area contributed by atoms with Crippen molar-refractivity contribution in [1.82, 2.24) is 0 Å². The van der Waals surface area contributed by atoms with Crippen LogP contribution in [0.25, 0.3) is 0 Å². The van der Waals surface area contributed by atoms with Gasteiger partial charge in [-0.2, -0.15) is 0 Å². The van der Waals surface area contributed by atoms with Crippen LogP contribution in [0.2, 0.25) is 0 Å². The molecule has 0 saturated heterocycles. The minimum absolute atomic E-state index is 0.150. The Labute approximate surface area is 87.0 Å². The molecule has 0 heterocycles. The van der Waals surface area contributed by atoms with Crippen molar-refractivity contribution in [2.24, 2.45) is 23.5 Å². The summed E-state index contributed by atoms with van der Waals surface area (Å²) in [5.41, 5.74) is 5.51. The summed E-state index contributed by atoms with van der Waals surface area (Å²) in [4.78, 5) is 11.5. The monoisotopic (exact) mass is 201 g/mol. The predicted molar refractivity (Wildman–Crippen MR) is 57.8 cm³/mol. The molecule has 0 aromatic carbocycles. The molecule has 0 aromatic rings. The Morgan fingerprint density at radius 2 is 1.86 bits per heavy atom. The van der Waals surface area contributed by atoms with Gasteiger partial charge >= 0.3 is 5.97 Å². The number of carbonyl (C=O) groups excluding carboxylic acids is 1. The van der Waals surface area contributed by atoms with E-state index in [2.05, 4.69) is 13.8 Å². The van der Waals surface area contributed by atoms with Crippen LogP contribution in [0.1, 0.15) is 34.1 Å². The number of nitrogens with two attached hydrogens (primary N) is 1. The number of hydrogen-bond donors (Lipinski definition) is 1. The first-order valence-corrected chi connectivity index (χ1v) is 5.35. The normalized spacial score (nSPS) is 13.4. The van der Waals surface area contributed by atoms with E-state index in [0.717, 1.165) is 6.42 Å². The zero-order valence-electron chi connectivity index (χ0n) is 9.75. The summed E-state index contributed by atoms with van der Waals surface area (Å²) in [7, 11) is 0. The highest BCUT2D eigenvalue weighted by Crippen LogP contribution is 2.11. The summed E-state index contributed by atoms with van der Waals surface area (Å²) in [5, 5.41) is 0. The van der Waals surface area contributed by atoms with Gasteiger partial charge in [0.2, 0.25) is 0 Å². The topological polar surface area (TPSA) is 52.3 Å². The molecular formula is C11H23NO2. The number of carbonyl (C=O) groups is 1. The van der Waals surface area contributed by atoms with Crippen LogP contribution in [0.3, 0.4) is 0 Å². The van der Waals surface area contributed by atoms with Crippen LogP contribution in [0.4, 0.5) is 0 Å². The van der Waals surface area contributed by atoms with Crippen LogP contribution in [-0.4, -0.2) is 19.1 Å². The van der Waals surface area contributed by atoms with Gasteiger partial charge in [-0.25, -0.2) is 0 Å². The summed E-state index contributed by atoms with van der Waals surface area (Å²) in [6.45, 7) is 9.08. The maximum Gasteiger partial charge on any atom is 0.310 e. The van der Waals surface area contributed by atoms with Crippen LogP contribution in [0.15, 0.2) is 0 Å². The van der Waals surface area contributed by atoms with Gasteiger partial charge in [-0.05, 0) is 18.3 Å². The van der Waals surface area contributed by atoms with E-state index in [0.29, 0.717) is 19.1 Å². The first-order valence-electron chi connectivity index (χ1n) is 5.35. The van der Waals surface area contributed by atoms with Crippen molar-refractivity contribution >= 4 is 5.97 Å². The van der Waals surface area contributed by atoms with Gasteiger partial charge in [-0.3, -0.25) is 4.79 Å². The molecule has 0 radical (unpaired) electrons. The highest BCUT2D eigenvalue weighted by Gasteiger charge is 2.21. The van der Waals surface area contributed by atoms with Crippen molar-refractivity contribution in [3.63, 3.8) is 0 Å². The molecule has 0 aliphatic heterocycles. The van der Waals surface area contributed by atoms with Crippen molar-refractivity contribution < 1.29 is 9.53 Å². The average molecular weight is 201 g/mol. The van der Waals surface area contributed by atoms with Crippen molar-refractivity contribution in [3.05, 3.63) is 0 Å². The molecule has 14 heavy (non-hydrogen) atoms. The average Bonchev–Trinajstić information content (AvgIpc) is 2.03. The second-order valence-electron chi connectivity index (χ2n) is 4.44. The van der Waals surface area contributed by atoms with Gasteiger partial charge in [0.25, 0.3) is 0 Å². The zero-order valence-corrected chi connectivity index (χ0v) is 9.75. The molecule has 0 spiro atoms. The lowest BCUT2D eigenvalue weighted by molar-refractivity contribution is -0.150. The van der Waals surface area contributed by atoms with Gasteiger partial charge < -0.3 is 10.5 Å². The molecule has 0 amide bonds. The minimum Gasteiger partial charge on any atom is -0.465 e. The van der Waals surface area contributed by atoms with Crippen LogP contribution in [0, 0.1) is 17.8 Å². The molecule has 84 valence electrons. The lowest BCUT2D eigenvalue weighted by Gasteiger charge is -2.17. The van der Waals surface area contributed by atoms with E-state index in [1.807, 2.05) is 13.8 Å². The third-order valence-electron chi connectivity index (χ3n) is 2.30. The number of ether oxygens (including phenoxy) is 1. The Morgan fingerprint density at radius 1 is 1.29 bits per heavy atom. The molecule has 2 N–H and O–H groups in total. The lowest BCUT2D eigenvalue weighted by atomic mass is 9.96. The first-order chi connectivity index (χ1) is 6.49. The van der Waals surface area contributed by atoms with Crippen LogP contribution < -0.4 is 5.73 Å². The van der Waals surface area contributed by atoms with Gasteiger partial charge in [0, 0.05) is 6.54 Å². The molecule has 0 saturated carbocycles. The van der Waals surface area contributed by atoms with E-state index < -0.39 is 0 Å². The molecular weight excluding hydrogens is 178 g/mol. The molecule has 1 unspecified atom stereocenters. The van der Waals surface area contributed by atoms with Crippen molar-refractivity contribution in [3.8, 4) is 0 Å². The van der Waals surface area contributed by atoms with E-state index in [-0.39, 0.29) is 17.8 Å². The Hall–Kier alpha value is -0.570. The van der Waals surface area contributed by atoms with Gasteiger partial charge in [0.1, 0.15) is 0 Å². The van der Waals surface area contributed by atoms with Gasteiger partial charge in [-0.15, -0.1) is 0 Å². The van der Waals surface area contributed by atoms with E-state index in [1.165, 1.54) is 0 Å². The second-order valence-corrected chi connectivity index (χ2v) is 4.44. The number of hydrogen-bond acceptors (Lipinski definition) is 3. The highest BCUT2D eigenvalue weighted by atomic mass is 16.5. The first kappa shape index (κ1) is 13.4. The molecule has 0 fully saturated rings. The summed E-state index contributed by atoms with van der Waals surface area (Å²) in [5.74, 6) is 0.523. The molecule has 3 heteroatoms. The van der Waals surface area contributed by atoms with Crippen LogP contribution >= 0.6 is 0 Å². The maximum atomic E-state index is 11.5. The number of esters is 1. The van der Waals surface area contributed by atoms with E-state index in [4.69, 9.17) is 10.5 Å². The quantitative estimate of drug-likeness (QED) is 0.667. The third kappa shape index (κ3) is 5.22. The Kier molecular flexibility index (Phi) is 6.54. The minimum atomic E-state index is -0.151.